The van der Waals surface area contributed by atoms with Crippen LogP contribution in [0.3, 0.4) is 0 Å². The Kier molecular flexibility index (Phi) is 5.27. The van der Waals surface area contributed by atoms with Gasteiger partial charge in [-0.3, -0.25) is 0 Å². The summed E-state index contributed by atoms with van der Waals surface area (Å²) in [5, 5.41) is 22.3. The van der Waals surface area contributed by atoms with Crippen LogP contribution in [0.15, 0.2) is 0 Å². The number of aliphatic hydroxyl groups is 1. The molecule has 1 aromatic rings. The third-order valence-electron chi connectivity index (χ3n) is 3.79. The number of tetrazole rings is 1. The molecule has 1 aromatic heterocycles. The van der Waals surface area contributed by atoms with Gasteiger partial charge >= 0.3 is 0 Å². The molecular weight excluding hydrogens is 244 g/mol. The predicted molar refractivity (Wildman–Crippen MR) is 70.5 cm³/mol. The van der Waals surface area contributed by atoms with Crippen molar-refractivity contribution >= 4 is 0 Å². The first-order chi connectivity index (χ1) is 9.20. The number of nitrogens with zero attached hydrogens (tertiary/aromatic N) is 4. The summed E-state index contributed by atoms with van der Waals surface area (Å²) in [5.41, 5.74) is 0. The quantitative estimate of drug-likeness (QED) is 0.836. The van der Waals surface area contributed by atoms with Crippen LogP contribution in [0.1, 0.15) is 44.9 Å². The molecule has 1 fully saturated rings. The van der Waals surface area contributed by atoms with Crippen LogP contribution in [0.5, 0.6) is 0 Å². The molecule has 19 heavy (non-hydrogen) atoms. The summed E-state index contributed by atoms with van der Waals surface area (Å²) in [6.45, 7) is 2.61. The number of rotatable bonds is 6. The highest BCUT2D eigenvalue weighted by molar-refractivity contribution is 4.88. The van der Waals surface area contributed by atoms with E-state index in [1.807, 2.05) is 6.92 Å². The third-order valence-corrected chi connectivity index (χ3v) is 3.79. The summed E-state index contributed by atoms with van der Waals surface area (Å²) in [5.74, 6) is 1.04. The van der Waals surface area contributed by atoms with Gasteiger partial charge in [-0.15, -0.1) is 10.2 Å². The Morgan fingerprint density at radius 2 is 2.11 bits per heavy atom. The van der Waals surface area contributed by atoms with Gasteiger partial charge in [0.2, 0.25) is 0 Å². The maximum Gasteiger partial charge on any atom is 0.177 e. The molecular formula is C13H24N4O2. The van der Waals surface area contributed by atoms with E-state index in [0.717, 1.165) is 12.8 Å². The SMILES string of the molecule is CCOC(C(O)Cc1nnn(C)n1)C1CCCCC1. The summed E-state index contributed by atoms with van der Waals surface area (Å²) in [4.78, 5) is 1.42. The van der Waals surface area contributed by atoms with Gasteiger partial charge in [0.1, 0.15) is 0 Å². The van der Waals surface area contributed by atoms with Gasteiger partial charge in [0.25, 0.3) is 0 Å². The molecule has 0 saturated heterocycles. The monoisotopic (exact) mass is 268 g/mol. The van der Waals surface area contributed by atoms with Crippen molar-refractivity contribution in [1.29, 1.82) is 0 Å². The summed E-state index contributed by atoms with van der Waals surface area (Å²) in [6.07, 6.45) is 5.84. The third kappa shape index (κ3) is 3.98. The summed E-state index contributed by atoms with van der Waals surface area (Å²) in [6, 6.07) is 0. The lowest BCUT2D eigenvalue weighted by Gasteiger charge is -2.32. The molecule has 0 amide bonds. The van der Waals surface area contributed by atoms with E-state index in [-0.39, 0.29) is 6.10 Å². The van der Waals surface area contributed by atoms with E-state index in [4.69, 9.17) is 4.74 Å². The van der Waals surface area contributed by atoms with Crippen LogP contribution < -0.4 is 0 Å². The molecule has 0 radical (unpaired) electrons. The molecule has 0 bridgehead atoms. The number of aromatic nitrogens is 4. The molecule has 0 aromatic carbocycles. The smallest absolute Gasteiger partial charge is 0.177 e. The molecule has 1 aliphatic carbocycles. The van der Waals surface area contributed by atoms with Gasteiger partial charge in [0, 0.05) is 13.0 Å². The van der Waals surface area contributed by atoms with Gasteiger partial charge in [-0.1, -0.05) is 19.3 Å². The van der Waals surface area contributed by atoms with Crippen molar-refractivity contribution in [2.75, 3.05) is 6.61 Å². The molecule has 1 saturated carbocycles. The normalized spacial score (nSPS) is 20.4. The minimum atomic E-state index is -0.549. The summed E-state index contributed by atoms with van der Waals surface area (Å²) >= 11 is 0. The van der Waals surface area contributed by atoms with Crippen LogP contribution in [0.2, 0.25) is 0 Å². The van der Waals surface area contributed by atoms with E-state index in [0.29, 0.717) is 24.8 Å². The Labute approximate surface area is 114 Å². The molecule has 2 rings (SSSR count). The maximum atomic E-state index is 10.4. The van der Waals surface area contributed by atoms with Gasteiger partial charge in [0.05, 0.1) is 19.3 Å². The van der Waals surface area contributed by atoms with Gasteiger partial charge in [-0.25, -0.2) is 0 Å². The zero-order valence-corrected chi connectivity index (χ0v) is 11.8. The highest BCUT2D eigenvalue weighted by Gasteiger charge is 2.30. The van der Waals surface area contributed by atoms with Crippen LogP contribution in [-0.2, 0) is 18.2 Å². The lowest BCUT2D eigenvalue weighted by Crippen LogP contribution is -2.38. The lowest BCUT2D eigenvalue weighted by atomic mass is 9.82. The molecule has 6 heteroatoms. The molecule has 108 valence electrons. The Balaban J connectivity index is 1.96. The second kappa shape index (κ2) is 6.96. The topological polar surface area (TPSA) is 73.1 Å². The second-order valence-electron chi connectivity index (χ2n) is 5.28. The van der Waals surface area contributed by atoms with Crippen molar-refractivity contribution in [3.63, 3.8) is 0 Å². The van der Waals surface area contributed by atoms with Crippen molar-refractivity contribution in [1.82, 2.24) is 20.2 Å². The Morgan fingerprint density at radius 3 is 2.68 bits per heavy atom. The van der Waals surface area contributed by atoms with Crippen molar-refractivity contribution in [2.24, 2.45) is 13.0 Å². The standard InChI is InChI=1S/C13H24N4O2/c1-3-19-13(10-7-5-4-6-8-10)11(18)9-12-14-16-17(2)15-12/h10-11,13,18H,3-9H2,1-2H3. The molecule has 1 N–H and O–H groups in total. The van der Waals surface area contributed by atoms with Crippen LogP contribution in [0, 0.1) is 5.92 Å². The van der Waals surface area contributed by atoms with E-state index in [9.17, 15) is 5.11 Å². The molecule has 0 aliphatic heterocycles. The fourth-order valence-electron chi connectivity index (χ4n) is 2.92. The van der Waals surface area contributed by atoms with E-state index >= 15 is 0 Å². The molecule has 2 unspecified atom stereocenters. The molecule has 6 nitrogen and oxygen atoms in total. The van der Waals surface area contributed by atoms with E-state index < -0.39 is 6.10 Å². The van der Waals surface area contributed by atoms with Crippen LogP contribution in [0.25, 0.3) is 0 Å². The minimum Gasteiger partial charge on any atom is -0.390 e. The Morgan fingerprint density at radius 1 is 1.37 bits per heavy atom. The van der Waals surface area contributed by atoms with E-state index in [2.05, 4.69) is 15.4 Å². The Bertz CT molecular complexity index is 376. The zero-order chi connectivity index (χ0) is 13.7. The maximum absolute atomic E-state index is 10.4. The fourth-order valence-corrected chi connectivity index (χ4v) is 2.92. The van der Waals surface area contributed by atoms with E-state index in [1.54, 1.807) is 7.05 Å². The first kappa shape index (κ1) is 14.4. The van der Waals surface area contributed by atoms with Crippen LogP contribution in [0.4, 0.5) is 0 Å². The number of aryl methyl sites for hydroxylation is 1. The highest BCUT2D eigenvalue weighted by Crippen LogP contribution is 2.30. The molecule has 1 heterocycles. The van der Waals surface area contributed by atoms with E-state index in [1.165, 1.54) is 24.1 Å². The summed E-state index contributed by atoms with van der Waals surface area (Å²) < 4.78 is 5.79. The molecule has 2 atom stereocenters. The number of aliphatic hydroxyl groups excluding tert-OH is 1. The number of hydrogen-bond acceptors (Lipinski definition) is 5. The first-order valence-corrected chi connectivity index (χ1v) is 7.23. The van der Waals surface area contributed by atoms with Crippen molar-refractivity contribution in [2.45, 2.75) is 57.7 Å². The largest absolute Gasteiger partial charge is 0.390 e. The van der Waals surface area contributed by atoms with Crippen molar-refractivity contribution in [3.8, 4) is 0 Å². The average Bonchev–Trinajstić information content (AvgIpc) is 2.82. The zero-order valence-electron chi connectivity index (χ0n) is 11.8. The number of hydrogen-bond donors (Lipinski definition) is 1. The Hall–Kier alpha value is -1.01. The van der Waals surface area contributed by atoms with Gasteiger partial charge < -0.3 is 9.84 Å². The molecule has 1 aliphatic rings. The van der Waals surface area contributed by atoms with Crippen LogP contribution in [-0.4, -0.2) is 44.1 Å². The van der Waals surface area contributed by atoms with Gasteiger partial charge in [-0.05, 0) is 30.9 Å². The van der Waals surface area contributed by atoms with Gasteiger partial charge in [0.15, 0.2) is 5.82 Å². The first-order valence-electron chi connectivity index (χ1n) is 7.23. The predicted octanol–water partition coefficient (Wildman–Crippen LogP) is 1.10. The second-order valence-corrected chi connectivity index (χ2v) is 5.28. The highest BCUT2D eigenvalue weighted by atomic mass is 16.5. The minimum absolute atomic E-state index is 0.103. The van der Waals surface area contributed by atoms with Crippen molar-refractivity contribution in [3.05, 3.63) is 5.82 Å². The van der Waals surface area contributed by atoms with Crippen LogP contribution >= 0.6 is 0 Å². The fraction of sp³-hybridized carbons (Fsp3) is 0.923. The average molecular weight is 268 g/mol. The summed E-state index contributed by atoms with van der Waals surface area (Å²) in [7, 11) is 1.73. The number of ether oxygens (including phenoxy) is 1. The van der Waals surface area contributed by atoms with Gasteiger partial charge in [-0.2, -0.15) is 4.80 Å². The lowest BCUT2D eigenvalue weighted by molar-refractivity contribution is -0.0721. The molecule has 0 spiro atoms. The van der Waals surface area contributed by atoms with Crippen molar-refractivity contribution < 1.29 is 9.84 Å².